The van der Waals surface area contributed by atoms with Crippen molar-refractivity contribution < 1.29 is 17.6 Å². The fourth-order valence-electron chi connectivity index (χ4n) is 2.14. The standard InChI is InChI=1S/C13H17FN2O3S/c14-11-2-3-12(15-10-11)13(17)4-6-16-5-1-8-20(18,19)9-7-16/h2-3,10H,1,4-9H2. The van der Waals surface area contributed by atoms with Crippen molar-refractivity contribution in [3.05, 3.63) is 29.8 Å². The minimum Gasteiger partial charge on any atom is -0.302 e. The van der Waals surface area contributed by atoms with Gasteiger partial charge in [0.15, 0.2) is 15.6 Å². The Labute approximate surface area is 117 Å². The van der Waals surface area contributed by atoms with E-state index in [1.54, 1.807) is 0 Å². The third-order valence-corrected chi connectivity index (χ3v) is 5.03. The van der Waals surface area contributed by atoms with Crippen LogP contribution in [0.2, 0.25) is 0 Å². The molecule has 0 atom stereocenters. The van der Waals surface area contributed by atoms with Gasteiger partial charge in [-0.15, -0.1) is 0 Å². The first-order chi connectivity index (χ1) is 9.46. The van der Waals surface area contributed by atoms with Crippen molar-refractivity contribution >= 4 is 15.6 Å². The lowest BCUT2D eigenvalue weighted by Gasteiger charge is -2.18. The minimum absolute atomic E-state index is 0.149. The third kappa shape index (κ3) is 4.35. The summed E-state index contributed by atoms with van der Waals surface area (Å²) in [5.41, 5.74) is 0.244. The van der Waals surface area contributed by atoms with Crippen LogP contribution in [-0.4, -0.2) is 55.2 Å². The van der Waals surface area contributed by atoms with Crippen molar-refractivity contribution in [2.75, 3.05) is 31.1 Å². The van der Waals surface area contributed by atoms with Gasteiger partial charge in [0.2, 0.25) is 0 Å². The molecule has 1 saturated heterocycles. The van der Waals surface area contributed by atoms with Gasteiger partial charge in [-0.1, -0.05) is 0 Å². The highest BCUT2D eigenvalue weighted by molar-refractivity contribution is 7.91. The number of carbonyl (C=O) groups excluding carboxylic acids is 1. The van der Waals surface area contributed by atoms with E-state index in [-0.39, 0.29) is 29.4 Å². The normalized spacial score (nSPS) is 19.4. The number of pyridine rings is 1. The fourth-order valence-corrected chi connectivity index (χ4v) is 3.45. The summed E-state index contributed by atoms with van der Waals surface area (Å²) in [6.07, 6.45) is 1.88. The molecule has 20 heavy (non-hydrogen) atoms. The van der Waals surface area contributed by atoms with Crippen LogP contribution in [0.5, 0.6) is 0 Å². The maximum absolute atomic E-state index is 12.7. The lowest BCUT2D eigenvalue weighted by Crippen LogP contribution is -2.29. The van der Waals surface area contributed by atoms with E-state index in [1.807, 2.05) is 4.90 Å². The number of hydrogen-bond donors (Lipinski definition) is 0. The summed E-state index contributed by atoms with van der Waals surface area (Å²) in [6.45, 7) is 1.66. The number of carbonyl (C=O) groups is 1. The largest absolute Gasteiger partial charge is 0.302 e. The Bertz CT molecular complexity index is 572. The molecule has 110 valence electrons. The van der Waals surface area contributed by atoms with Gasteiger partial charge in [-0.25, -0.2) is 12.8 Å². The molecular weight excluding hydrogens is 283 g/mol. The number of halogens is 1. The van der Waals surface area contributed by atoms with Crippen molar-refractivity contribution in [3.63, 3.8) is 0 Å². The Morgan fingerprint density at radius 1 is 1.30 bits per heavy atom. The third-order valence-electron chi connectivity index (χ3n) is 3.32. The van der Waals surface area contributed by atoms with Gasteiger partial charge in [0.25, 0.3) is 0 Å². The molecule has 1 aliphatic rings. The summed E-state index contributed by atoms with van der Waals surface area (Å²) in [6, 6.07) is 2.57. The van der Waals surface area contributed by atoms with E-state index in [4.69, 9.17) is 0 Å². The maximum Gasteiger partial charge on any atom is 0.182 e. The second-order valence-corrected chi connectivity index (χ2v) is 7.19. The summed E-state index contributed by atoms with van der Waals surface area (Å²) < 4.78 is 35.6. The summed E-state index contributed by atoms with van der Waals surface area (Å²) in [5.74, 6) is -0.260. The molecule has 5 nitrogen and oxygen atoms in total. The molecule has 0 N–H and O–H groups in total. The van der Waals surface area contributed by atoms with E-state index in [0.717, 1.165) is 6.20 Å². The molecule has 1 fully saturated rings. The van der Waals surface area contributed by atoms with Crippen LogP contribution < -0.4 is 0 Å². The van der Waals surface area contributed by atoms with Crippen LogP contribution in [0.15, 0.2) is 18.3 Å². The van der Waals surface area contributed by atoms with E-state index in [9.17, 15) is 17.6 Å². The van der Waals surface area contributed by atoms with Gasteiger partial charge in [-0.2, -0.15) is 0 Å². The molecule has 0 spiro atoms. The van der Waals surface area contributed by atoms with E-state index in [1.165, 1.54) is 12.1 Å². The van der Waals surface area contributed by atoms with E-state index >= 15 is 0 Å². The lowest BCUT2D eigenvalue weighted by molar-refractivity contribution is 0.0961. The average Bonchev–Trinajstić information content (AvgIpc) is 2.58. The molecule has 1 aliphatic heterocycles. The predicted octanol–water partition coefficient (Wildman–Crippen LogP) is 0.914. The zero-order chi connectivity index (χ0) is 14.6. The molecule has 7 heteroatoms. The van der Waals surface area contributed by atoms with Gasteiger partial charge in [0.1, 0.15) is 11.5 Å². The highest BCUT2D eigenvalue weighted by atomic mass is 32.2. The van der Waals surface area contributed by atoms with Gasteiger partial charge in [-0.3, -0.25) is 9.78 Å². The van der Waals surface area contributed by atoms with Crippen molar-refractivity contribution in [2.24, 2.45) is 0 Å². The van der Waals surface area contributed by atoms with Crippen molar-refractivity contribution in [1.29, 1.82) is 0 Å². The van der Waals surface area contributed by atoms with Crippen LogP contribution in [0.3, 0.4) is 0 Å². The highest BCUT2D eigenvalue weighted by Gasteiger charge is 2.19. The molecule has 0 unspecified atom stereocenters. The molecule has 0 saturated carbocycles. The Hall–Kier alpha value is -1.34. The van der Waals surface area contributed by atoms with Gasteiger partial charge in [0, 0.05) is 19.5 Å². The molecular formula is C13H17FN2O3S. The maximum atomic E-state index is 12.7. The van der Waals surface area contributed by atoms with Crippen LogP contribution >= 0.6 is 0 Å². The number of hydrogen-bond acceptors (Lipinski definition) is 5. The van der Waals surface area contributed by atoms with Crippen LogP contribution in [-0.2, 0) is 9.84 Å². The summed E-state index contributed by atoms with van der Waals surface area (Å²) in [4.78, 5) is 17.6. The number of nitrogens with zero attached hydrogens (tertiary/aromatic N) is 2. The Morgan fingerprint density at radius 3 is 2.80 bits per heavy atom. The Balaban J connectivity index is 1.86. The minimum atomic E-state index is -2.93. The average molecular weight is 300 g/mol. The lowest BCUT2D eigenvalue weighted by atomic mass is 10.2. The predicted molar refractivity (Wildman–Crippen MR) is 72.9 cm³/mol. The first kappa shape index (κ1) is 15.1. The second kappa shape index (κ2) is 6.41. The number of rotatable bonds is 4. The van der Waals surface area contributed by atoms with Gasteiger partial charge < -0.3 is 4.90 Å². The monoisotopic (exact) mass is 300 g/mol. The van der Waals surface area contributed by atoms with Gasteiger partial charge in [-0.05, 0) is 25.1 Å². The zero-order valence-electron chi connectivity index (χ0n) is 11.1. The number of Topliss-reactive ketones (excluding diaryl/α,β-unsaturated/α-hetero) is 1. The van der Waals surface area contributed by atoms with E-state index in [0.29, 0.717) is 26.1 Å². The molecule has 0 amide bonds. The van der Waals surface area contributed by atoms with Crippen LogP contribution in [0, 0.1) is 5.82 Å². The summed E-state index contributed by atoms with van der Waals surface area (Å²) in [7, 11) is -2.93. The van der Waals surface area contributed by atoms with Crippen LogP contribution in [0.4, 0.5) is 4.39 Å². The second-order valence-electron chi connectivity index (χ2n) is 4.88. The first-order valence-corrected chi connectivity index (χ1v) is 8.36. The SMILES string of the molecule is O=C(CCN1CCCS(=O)(=O)CC1)c1ccc(F)cn1. The van der Waals surface area contributed by atoms with Crippen molar-refractivity contribution in [1.82, 2.24) is 9.88 Å². The topological polar surface area (TPSA) is 67.3 Å². The smallest absolute Gasteiger partial charge is 0.182 e. The van der Waals surface area contributed by atoms with E-state index in [2.05, 4.69) is 4.98 Å². The molecule has 2 heterocycles. The molecule has 0 radical (unpaired) electrons. The zero-order valence-corrected chi connectivity index (χ0v) is 11.9. The Kier molecular flexibility index (Phi) is 4.82. The van der Waals surface area contributed by atoms with E-state index < -0.39 is 15.7 Å². The summed E-state index contributed by atoms with van der Waals surface area (Å²) >= 11 is 0. The molecule has 0 aliphatic carbocycles. The van der Waals surface area contributed by atoms with Gasteiger partial charge >= 0.3 is 0 Å². The number of aromatic nitrogens is 1. The quantitative estimate of drug-likeness (QED) is 0.773. The van der Waals surface area contributed by atoms with Crippen LogP contribution in [0.25, 0.3) is 0 Å². The molecule has 0 bridgehead atoms. The van der Waals surface area contributed by atoms with Crippen molar-refractivity contribution in [2.45, 2.75) is 12.8 Å². The number of sulfone groups is 1. The molecule has 0 aromatic carbocycles. The summed E-state index contributed by atoms with van der Waals surface area (Å²) in [5, 5.41) is 0. The molecule has 2 rings (SSSR count). The van der Waals surface area contributed by atoms with Crippen molar-refractivity contribution in [3.8, 4) is 0 Å². The first-order valence-electron chi connectivity index (χ1n) is 6.54. The highest BCUT2D eigenvalue weighted by Crippen LogP contribution is 2.07. The van der Waals surface area contributed by atoms with Gasteiger partial charge in [0.05, 0.1) is 17.7 Å². The molecule has 1 aromatic rings. The van der Waals surface area contributed by atoms with Crippen LogP contribution in [0.1, 0.15) is 23.3 Å². The molecule has 1 aromatic heterocycles. The number of ketones is 1. The Morgan fingerprint density at radius 2 is 2.10 bits per heavy atom. The fraction of sp³-hybridized carbons (Fsp3) is 0.538.